The van der Waals surface area contributed by atoms with Crippen molar-refractivity contribution in [3.05, 3.63) is 58.2 Å². The Balaban J connectivity index is 1.54. The van der Waals surface area contributed by atoms with Gasteiger partial charge in [-0.25, -0.2) is 0 Å². The molecule has 1 unspecified atom stereocenters. The molecule has 2 aromatic carbocycles. The molecule has 0 spiro atoms. The van der Waals surface area contributed by atoms with Gasteiger partial charge in [-0.05, 0) is 60.3 Å². The van der Waals surface area contributed by atoms with Crippen LogP contribution in [0, 0.1) is 11.3 Å². The van der Waals surface area contributed by atoms with E-state index in [1.807, 2.05) is 58.9 Å². The summed E-state index contributed by atoms with van der Waals surface area (Å²) in [6.45, 7) is 10.5. The Morgan fingerprint density at radius 3 is 2.57 bits per heavy atom. The standard InChI is InChI=1S/C27H30Cl2N4O4/c1-15(2)36-17-7-8-18(21(28)11-17)24-31-26(32-37-24)33-14-22(29)19-10-16(6-9-23(19)33)12-30-13-20(25(34)35)27(3,4)5/h6-11,14-15,20,30H,12-13H2,1-5H3,(H,34,35). The maximum Gasteiger partial charge on any atom is 0.308 e. The Morgan fingerprint density at radius 1 is 1.16 bits per heavy atom. The van der Waals surface area contributed by atoms with Crippen molar-refractivity contribution in [3.63, 3.8) is 0 Å². The predicted octanol–water partition coefficient (Wildman–Crippen LogP) is 6.61. The fraction of sp³-hybridized carbons (Fsp3) is 0.370. The van der Waals surface area contributed by atoms with Crippen LogP contribution >= 0.6 is 23.2 Å². The molecule has 2 N–H and O–H groups in total. The second-order valence-electron chi connectivity index (χ2n) is 10.3. The van der Waals surface area contributed by atoms with Gasteiger partial charge in [0.15, 0.2) is 0 Å². The number of nitrogens with one attached hydrogen (secondary N) is 1. The number of halogens is 2. The van der Waals surface area contributed by atoms with Crippen LogP contribution < -0.4 is 10.1 Å². The summed E-state index contributed by atoms with van der Waals surface area (Å²) in [5, 5.41) is 18.7. The molecule has 37 heavy (non-hydrogen) atoms. The first-order valence-electron chi connectivity index (χ1n) is 12.0. The molecule has 1 atom stereocenters. The zero-order chi connectivity index (χ0) is 26.9. The summed E-state index contributed by atoms with van der Waals surface area (Å²) in [4.78, 5) is 16.1. The number of aliphatic carboxylic acids is 1. The molecule has 0 saturated carbocycles. The summed E-state index contributed by atoms with van der Waals surface area (Å²) in [6.07, 6.45) is 1.77. The van der Waals surface area contributed by atoms with Crippen molar-refractivity contribution in [2.45, 2.75) is 47.3 Å². The number of hydrogen-bond acceptors (Lipinski definition) is 6. The van der Waals surface area contributed by atoms with Gasteiger partial charge in [-0.3, -0.25) is 9.36 Å². The lowest BCUT2D eigenvalue weighted by Crippen LogP contribution is -2.37. The molecule has 0 radical (unpaired) electrons. The van der Waals surface area contributed by atoms with E-state index in [4.69, 9.17) is 32.5 Å². The minimum Gasteiger partial charge on any atom is -0.491 e. The highest BCUT2D eigenvalue weighted by atomic mass is 35.5. The first kappa shape index (κ1) is 27.0. The van der Waals surface area contributed by atoms with Crippen LogP contribution in [0.3, 0.4) is 0 Å². The minimum atomic E-state index is -0.809. The van der Waals surface area contributed by atoms with Gasteiger partial charge in [-0.15, -0.1) is 0 Å². The van der Waals surface area contributed by atoms with E-state index in [1.54, 1.807) is 22.9 Å². The van der Waals surface area contributed by atoms with Crippen LogP contribution in [-0.2, 0) is 11.3 Å². The van der Waals surface area contributed by atoms with Crippen LogP contribution in [0.2, 0.25) is 10.0 Å². The van der Waals surface area contributed by atoms with Crippen molar-refractivity contribution >= 4 is 40.1 Å². The highest BCUT2D eigenvalue weighted by Gasteiger charge is 2.30. The first-order valence-corrected chi connectivity index (χ1v) is 12.7. The lowest BCUT2D eigenvalue weighted by molar-refractivity contribution is -0.145. The highest BCUT2D eigenvalue weighted by molar-refractivity contribution is 6.35. The number of carboxylic acids is 1. The Labute approximate surface area is 225 Å². The lowest BCUT2D eigenvalue weighted by atomic mass is 9.81. The molecule has 196 valence electrons. The zero-order valence-electron chi connectivity index (χ0n) is 21.4. The van der Waals surface area contributed by atoms with E-state index < -0.39 is 11.9 Å². The van der Waals surface area contributed by atoms with Gasteiger partial charge in [0.05, 0.1) is 33.1 Å². The third-order valence-corrected chi connectivity index (χ3v) is 6.63. The van der Waals surface area contributed by atoms with Crippen molar-refractivity contribution in [3.8, 4) is 23.2 Å². The van der Waals surface area contributed by atoms with Crippen molar-refractivity contribution in [1.29, 1.82) is 0 Å². The first-order chi connectivity index (χ1) is 17.4. The van der Waals surface area contributed by atoms with Gasteiger partial charge in [-0.1, -0.05) is 50.0 Å². The number of ether oxygens (including phenoxy) is 1. The summed E-state index contributed by atoms with van der Waals surface area (Å²) in [7, 11) is 0. The van der Waals surface area contributed by atoms with E-state index in [0.717, 1.165) is 16.5 Å². The van der Waals surface area contributed by atoms with Gasteiger partial charge in [0.25, 0.3) is 11.8 Å². The molecule has 0 aliphatic heterocycles. The molecule has 10 heteroatoms. The average Bonchev–Trinajstić information content (AvgIpc) is 3.40. The third kappa shape index (κ3) is 6.09. The van der Waals surface area contributed by atoms with Gasteiger partial charge in [0, 0.05) is 24.7 Å². The van der Waals surface area contributed by atoms with Crippen LogP contribution in [0.15, 0.2) is 47.1 Å². The maximum atomic E-state index is 11.6. The Hall–Kier alpha value is -3.07. The van der Waals surface area contributed by atoms with E-state index in [1.165, 1.54) is 0 Å². The van der Waals surface area contributed by atoms with E-state index >= 15 is 0 Å². The maximum absolute atomic E-state index is 11.6. The average molecular weight is 545 g/mol. The predicted molar refractivity (Wildman–Crippen MR) is 145 cm³/mol. The summed E-state index contributed by atoms with van der Waals surface area (Å²) in [5.74, 6) is -0.0432. The summed E-state index contributed by atoms with van der Waals surface area (Å²) in [6, 6.07) is 11.2. The minimum absolute atomic E-state index is 0.0325. The second kappa shape index (κ2) is 10.7. The fourth-order valence-electron chi connectivity index (χ4n) is 4.07. The second-order valence-corrected chi connectivity index (χ2v) is 11.1. The molecular formula is C27H30Cl2N4O4. The van der Waals surface area contributed by atoms with Crippen molar-refractivity contribution < 1.29 is 19.2 Å². The quantitative estimate of drug-likeness (QED) is 0.244. The van der Waals surface area contributed by atoms with Crippen molar-refractivity contribution in [2.75, 3.05) is 6.54 Å². The number of hydrogen-bond donors (Lipinski definition) is 2. The van der Waals surface area contributed by atoms with Gasteiger partial charge >= 0.3 is 5.97 Å². The molecule has 2 heterocycles. The normalized spacial score (nSPS) is 12.9. The van der Waals surface area contributed by atoms with Gasteiger partial charge in [0.1, 0.15) is 5.75 Å². The number of benzene rings is 2. The number of aromatic nitrogens is 3. The highest BCUT2D eigenvalue weighted by Crippen LogP contribution is 2.33. The zero-order valence-corrected chi connectivity index (χ0v) is 22.9. The molecule has 0 saturated heterocycles. The number of fused-ring (bicyclic) bond motifs is 1. The van der Waals surface area contributed by atoms with E-state index in [2.05, 4.69) is 15.5 Å². The molecule has 2 aromatic heterocycles. The van der Waals surface area contributed by atoms with E-state index in [-0.39, 0.29) is 17.4 Å². The van der Waals surface area contributed by atoms with Crippen molar-refractivity contribution in [2.24, 2.45) is 11.3 Å². The van der Waals surface area contributed by atoms with Crippen LogP contribution in [0.4, 0.5) is 0 Å². The monoisotopic (exact) mass is 544 g/mol. The van der Waals surface area contributed by atoms with Gasteiger partial charge in [0.2, 0.25) is 0 Å². The molecule has 4 rings (SSSR count). The molecular weight excluding hydrogens is 515 g/mol. The van der Waals surface area contributed by atoms with Crippen molar-refractivity contribution in [1.82, 2.24) is 20.0 Å². The van der Waals surface area contributed by atoms with E-state index in [0.29, 0.717) is 40.4 Å². The van der Waals surface area contributed by atoms with Crippen LogP contribution in [0.1, 0.15) is 40.2 Å². The number of nitrogens with zero attached hydrogens (tertiary/aromatic N) is 3. The molecule has 8 nitrogen and oxygen atoms in total. The van der Waals surface area contributed by atoms with Crippen LogP contribution in [-0.4, -0.2) is 38.4 Å². The topological polar surface area (TPSA) is 102 Å². The fourth-order valence-corrected chi connectivity index (χ4v) is 4.58. The molecule has 0 aliphatic carbocycles. The third-order valence-electron chi connectivity index (χ3n) is 6.01. The molecule has 0 bridgehead atoms. The van der Waals surface area contributed by atoms with Gasteiger partial charge in [-0.2, -0.15) is 4.98 Å². The Bertz CT molecular complexity index is 1420. The summed E-state index contributed by atoms with van der Waals surface area (Å²) < 4.78 is 12.9. The Morgan fingerprint density at radius 2 is 1.92 bits per heavy atom. The smallest absolute Gasteiger partial charge is 0.308 e. The summed E-state index contributed by atoms with van der Waals surface area (Å²) >= 11 is 13.0. The number of carbonyl (C=O) groups is 1. The van der Waals surface area contributed by atoms with Gasteiger partial charge < -0.3 is 19.7 Å². The molecule has 0 amide bonds. The SMILES string of the molecule is CC(C)Oc1ccc(-c2nc(-n3cc(Cl)c4cc(CNCC(C(=O)O)C(C)(C)C)ccc43)no2)c(Cl)c1. The lowest BCUT2D eigenvalue weighted by Gasteiger charge is -2.27. The molecule has 0 aliphatic rings. The van der Waals surface area contributed by atoms with Crippen LogP contribution in [0.25, 0.3) is 28.3 Å². The van der Waals surface area contributed by atoms with Crippen LogP contribution in [0.5, 0.6) is 5.75 Å². The summed E-state index contributed by atoms with van der Waals surface area (Å²) in [5.41, 5.74) is 2.05. The molecule has 0 fully saturated rings. The number of rotatable bonds is 9. The molecule has 4 aromatic rings. The van der Waals surface area contributed by atoms with E-state index in [9.17, 15) is 9.90 Å². The Kier molecular flexibility index (Phi) is 7.83. The number of carboxylic acid groups (broad SMARTS) is 1. The largest absolute Gasteiger partial charge is 0.491 e.